The number of amides is 2. The topological polar surface area (TPSA) is 90.6 Å². The molecule has 1 aliphatic heterocycles. The molecular weight excluding hydrogens is 382 g/mol. The number of benzene rings is 1. The molecule has 1 aliphatic carbocycles. The number of nitrogens with zero attached hydrogens (tertiary/aromatic N) is 2. The monoisotopic (exact) mass is 407 g/mol. The summed E-state index contributed by atoms with van der Waals surface area (Å²) < 4.78 is 0. The van der Waals surface area contributed by atoms with Gasteiger partial charge in [0.1, 0.15) is 5.56 Å². The Bertz CT molecular complexity index is 1060. The number of hydrogen-bond donors (Lipinski definition) is 1. The summed E-state index contributed by atoms with van der Waals surface area (Å²) in [6.45, 7) is 5.46. The smallest absolute Gasteiger partial charge is 0.261 e. The number of aromatic nitrogens is 1. The van der Waals surface area contributed by atoms with Crippen LogP contribution in [0.5, 0.6) is 0 Å². The molecule has 30 heavy (non-hydrogen) atoms. The molecule has 2 aromatic rings. The molecule has 0 bridgehead atoms. The molecule has 4 rings (SSSR count). The van der Waals surface area contributed by atoms with Crippen LogP contribution in [0.3, 0.4) is 0 Å². The summed E-state index contributed by atoms with van der Waals surface area (Å²) in [6.07, 6.45) is 0.984. The van der Waals surface area contributed by atoms with E-state index in [0.717, 1.165) is 0 Å². The molecule has 7 nitrogen and oxygen atoms in total. The van der Waals surface area contributed by atoms with Gasteiger partial charge in [0.25, 0.3) is 17.4 Å². The van der Waals surface area contributed by atoms with Crippen molar-refractivity contribution in [1.82, 2.24) is 14.8 Å². The number of pyridine rings is 1. The lowest BCUT2D eigenvalue weighted by Gasteiger charge is -2.35. The summed E-state index contributed by atoms with van der Waals surface area (Å²) in [7, 11) is 0. The Hall–Kier alpha value is -3.22. The van der Waals surface area contributed by atoms with E-state index in [0.29, 0.717) is 55.8 Å². The van der Waals surface area contributed by atoms with Crippen LogP contribution >= 0.6 is 0 Å². The Kier molecular flexibility index (Phi) is 5.05. The number of piperazine rings is 1. The number of Topliss-reactive ketones (excluding diaryl/α,β-unsaturated/α-hetero) is 1. The van der Waals surface area contributed by atoms with Crippen molar-refractivity contribution in [2.75, 3.05) is 26.2 Å². The highest BCUT2D eigenvalue weighted by Gasteiger charge is 2.34. The van der Waals surface area contributed by atoms with Gasteiger partial charge in [0.15, 0.2) is 5.78 Å². The summed E-state index contributed by atoms with van der Waals surface area (Å²) >= 11 is 0. The van der Waals surface area contributed by atoms with E-state index in [4.69, 9.17) is 0 Å². The van der Waals surface area contributed by atoms with Crippen molar-refractivity contribution >= 4 is 17.6 Å². The van der Waals surface area contributed by atoms with Crippen LogP contribution in [-0.4, -0.2) is 58.6 Å². The fraction of sp³-hybridized carbons (Fsp3) is 0.391. The Morgan fingerprint density at radius 2 is 1.50 bits per heavy atom. The molecule has 2 aliphatic rings. The fourth-order valence-corrected chi connectivity index (χ4v) is 4.23. The molecule has 1 aromatic heterocycles. The van der Waals surface area contributed by atoms with E-state index in [1.165, 1.54) is 6.07 Å². The van der Waals surface area contributed by atoms with E-state index in [2.05, 4.69) is 4.98 Å². The molecule has 0 saturated carbocycles. The number of carbonyl (C=O) groups is 3. The maximum Gasteiger partial charge on any atom is 0.261 e. The van der Waals surface area contributed by atoms with Crippen LogP contribution in [0.15, 0.2) is 41.2 Å². The Labute approximate surface area is 174 Å². The van der Waals surface area contributed by atoms with Gasteiger partial charge < -0.3 is 14.8 Å². The van der Waals surface area contributed by atoms with Crippen LogP contribution in [0, 0.1) is 5.41 Å². The van der Waals surface area contributed by atoms with Crippen molar-refractivity contribution < 1.29 is 14.4 Å². The zero-order valence-electron chi connectivity index (χ0n) is 17.2. The normalized spacial score (nSPS) is 18.1. The molecule has 2 heterocycles. The molecule has 0 unspecified atom stereocenters. The maximum atomic E-state index is 13.0. The number of fused-ring (bicyclic) bond motifs is 1. The van der Waals surface area contributed by atoms with Crippen molar-refractivity contribution in [3.05, 3.63) is 69.1 Å². The number of rotatable bonds is 2. The Morgan fingerprint density at radius 3 is 2.13 bits per heavy atom. The van der Waals surface area contributed by atoms with Crippen LogP contribution in [-0.2, 0) is 6.42 Å². The van der Waals surface area contributed by atoms with E-state index < -0.39 is 11.5 Å². The molecule has 1 N–H and O–H groups in total. The van der Waals surface area contributed by atoms with Gasteiger partial charge in [-0.15, -0.1) is 0 Å². The highest BCUT2D eigenvalue weighted by Crippen LogP contribution is 2.33. The molecule has 0 spiro atoms. The number of H-pyrrole nitrogens is 1. The number of hydrogen-bond acceptors (Lipinski definition) is 4. The number of aromatic amines is 1. The molecule has 1 saturated heterocycles. The summed E-state index contributed by atoms with van der Waals surface area (Å²) in [5.41, 5.74) is 0.980. The van der Waals surface area contributed by atoms with Gasteiger partial charge in [-0.25, -0.2) is 0 Å². The van der Waals surface area contributed by atoms with Gasteiger partial charge in [-0.1, -0.05) is 32.0 Å². The summed E-state index contributed by atoms with van der Waals surface area (Å²) in [6, 6.07) is 10.5. The molecular formula is C23H25N3O4. The number of ketones is 1. The molecule has 156 valence electrons. The SMILES string of the molecule is CC1(C)CC(=O)c2cc(C(=O)N3CCN(C(=O)c4ccccc4)CC3)c(=O)[nH]c2C1. The highest BCUT2D eigenvalue weighted by atomic mass is 16.2. The third-order valence-electron chi connectivity index (χ3n) is 5.82. The van der Waals surface area contributed by atoms with Crippen LogP contribution in [0.4, 0.5) is 0 Å². The van der Waals surface area contributed by atoms with Crippen LogP contribution < -0.4 is 5.56 Å². The largest absolute Gasteiger partial charge is 0.335 e. The van der Waals surface area contributed by atoms with Crippen molar-refractivity contribution in [1.29, 1.82) is 0 Å². The molecule has 0 radical (unpaired) electrons. The third kappa shape index (κ3) is 3.79. The molecule has 0 atom stereocenters. The van der Waals surface area contributed by atoms with Gasteiger partial charge >= 0.3 is 0 Å². The van der Waals surface area contributed by atoms with E-state index in [-0.39, 0.29) is 22.7 Å². The van der Waals surface area contributed by atoms with Gasteiger partial charge in [-0.05, 0) is 30.0 Å². The molecule has 2 amide bonds. The minimum atomic E-state index is -0.466. The first kappa shape index (κ1) is 20.1. The van der Waals surface area contributed by atoms with Gasteiger partial charge in [0, 0.05) is 49.4 Å². The lowest BCUT2D eigenvalue weighted by molar-refractivity contribution is 0.0534. The second kappa shape index (κ2) is 7.55. The zero-order valence-corrected chi connectivity index (χ0v) is 17.2. The predicted molar refractivity (Wildman–Crippen MR) is 112 cm³/mol. The van der Waals surface area contributed by atoms with Crippen LogP contribution in [0.25, 0.3) is 0 Å². The molecule has 7 heteroatoms. The minimum absolute atomic E-state index is 0.00959. The van der Waals surface area contributed by atoms with Gasteiger partial charge in [-0.3, -0.25) is 19.2 Å². The lowest BCUT2D eigenvalue weighted by atomic mass is 9.75. The first-order valence-corrected chi connectivity index (χ1v) is 10.2. The summed E-state index contributed by atoms with van der Waals surface area (Å²) in [4.78, 5) is 56.7. The summed E-state index contributed by atoms with van der Waals surface area (Å²) in [5.74, 6) is -0.518. The van der Waals surface area contributed by atoms with Crippen molar-refractivity contribution in [3.8, 4) is 0 Å². The van der Waals surface area contributed by atoms with Gasteiger partial charge in [0.05, 0.1) is 0 Å². The maximum absolute atomic E-state index is 13.0. The standard InChI is InChI=1S/C23H25N3O4/c1-23(2)13-18-16(19(27)14-23)12-17(20(28)24-18)22(30)26-10-8-25(9-11-26)21(29)15-6-4-3-5-7-15/h3-7,12H,8-11,13-14H2,1-2H3,(H,24,28). The second-order valence-electron chi connectivity index (χ2n) is 8.80. The average Bonchev–Trinajstić information content (AvgIpc) is 2.72. The van der Waals surface area contributed by atoms with E-state index >= 15 is 0 Å². The van der Waals surface area contributed by atoms with Crippen molar-refractivity contribution in [3.63, 3.8) is 0 Å². The van der Waals surface area contributed by atoms with Gasteiger partial charge in [0.2, 0.25) is 0 Å². The Balaban J connectivity index is 1.49. The van der Waals surface area contributed by atoms with Crippen molar-refractivity contribution in [2.24, 2.45) is 5.41 Å². The fourth-order valence-electron chi connectivity index (χ4n) is 4.23. The Morgan fingerprint density at radius 1 is 0.900 bits per heavy atom. The first-order valence-electron chi connectivity index (χ1n) is 10.2. The molecule has 1 fully saturated rings. The second-order valence-corrected chi connectivity index (χ2v) is 8.80. The number of carbonyl (C=O) groups excluding carboxylic acids is 3. The lowest BCUT2D eigenvalue weighted by Crippen LogP contribution is -2.51. The first-order chi connectivity index (χ1) is 14.2. The van der Waals surface area contributed by atoms with E-state index in [1.54, 1.807) is 21.9 Å². The summed E-state index contributed by atoms with van der Waals surface area (Å²) in [5, 5.41) is 0. The molecule has 1 aromatic carbocycles. The number of nitrogens with one attached hydrogen (secondary N) is 1. The van der Waals surface area contributed by atoms with E-state index in [9.17, 15) is 19.2 Å². The van der Waals surface area contributed by atoms with E-state index in [1.807, 2.05) is 32.0 Å². The average molecular weight is 407 g/mol. The third-order valence-corrected chi connectivity index (χ3v) is 5.82. The van der Waals surface area contributed by atoms with Crippen molar-refractivity contribution in [2.45, 2.75) is 26.7 Å². The zero-order chi connectivity index (χ0) is 21.5. The van der Waals surface area contributed by atoms with Crippen LogP contribution in [0.1, 0.15) is 57.0 Å². The quantitative estimate of drug-likeness (QED) is 0.826. The van der Waals surface area contributed by atoms with Gasteiger partial charge in [-0.2, -0.15) is 0 Å². The predicted octanol–water partition coefficient (Wildman–Crippen LogP) is 2.13. The van der Waals surface area contributed by atoms with Crippen LogP contribution in [0.2, 0.25) is 0 Å². The highest BCUT2D eigenvalue weighted by molar-refractivity contribution is 6.02. The minimum Gasteiger partial charge on any atom is -0.335 e.